The zero-order valence-corrected chi connectivity index (χ0v) is 12.1. The van der Waals surface area contributed by atoms with Crippen LogP contribution in [0.1, 0.15) is 39.3 Å². The van der Waals surface area contributed by atoms with Gasteiger partial charge in [-0.2, -0.15) is 0 Å². The van der Waals surface area contributed by atoms with Crippen LogP contribution in [-0.2, 0) is 4.87 Å². The molecule has 3 aromatic carbocycles. The number of hydrogen-bond donors (Lipinski definition) is 0. The van der Waals surface area contributed by atoms with E-state index in [1.54, 1.807) is 0 Å². The van der Waals surface area contributed by atoms with Crippen LogP contribution in [0, 0.1) is 0 Å². The maximum absolute atomic E-state index is 7.29. The second-order valence-corrected chi connectivity index (χ2v) is 6.42. The first kappa shape index (κ1) is 11.6. The second kappa shape index (κ2) is 3.78. The number of halogens is 1. The van der Waals surface area contributed by atoms with E-state index in [4.69, 9.17) is 11.6 Å². The molecule has 0 saturated heterocycles. The van der Waals surface area contributed by atoms with Gasteiger partial charge in [0.15, 0.2) is 0 Å². The maximum Gasteiger partial charge on any atom is 0.120 e. The van der Waals surface area contributed by atoms with Gasteiger partial charge in [0.25, 0.3) is 0 Å². The Hall–Kier alpha value is -2.05. The maximum atomic E-state index is 7.29. The quantitative estimate of drug-likeness (QED) is 0.509. The van der Waals surface area contributed by atoms with Gasteiger partial charge in [-0.1, -0.05) is 72.8 Å². The molecule has 2 bridgehead atoms. The average Bonchev–Trinajstić information content (AvgIpc) is 2.56. The lowest BCUT2D eigenvalue weighted by atomic mass is 9.60. The van der Waals surface area contributed by atoms with Crippen molar-refractivity contribution in [2.75, 3.05) is 0 Å². The smallest absolute Gasteiger partial charge is 0.104 e. The molecule has 6 rings (SSSR count). The second-order valence-electron chi connectivity index (χ2n) is 5.85. The van der Waals surface area contributed by atoms with E-state index < -0.39 is 4.87 Å². The van der Waals surface area contributed by atoms with E-state index in [0.29, 0.717) is 5.92 Å². The fourth-order valence-corrected chi connectivity index (χ4v) is 4.64. The third-order valence-electron chi connectivity index (χ3n) is 4.93. The van der Waals surface area contributed by atoms with Crippen LogP contribution in [0.3, 0.4) is 0 Å². The molecule has 3 aliphatic carbocycles. The van der Waals surface area contributed by atoms with Gasteiger partial charge in [-0.15, -0.1) is 11.6 Å². The highest BCUT2D eigenvalue weighted by Gasteiger charge is 2.50. The number of benzene rings is 3. The molecule has 0 saturated carbocycles. The number of hydrogen-bond acceptors (Lipinski definition) is 0. The summed E-state index contributed by atoms with van der Waals surface area (Å²) >= 11 is 7.29. The largest absolute Gasteiger partial charge is 0.120 e. The normalized spacial score (nSPS) is 24.1. The fourth-order valence-electron chi connectivity index (χ4n) is 4.13. The lowest BCUT2D eigenvalue weighted by Gasteiger charge is -2.47. The van der Waals surface area contributed by atoms with Gasteiger partial charge in [0, 0.05) is 5.92 Å². The van der Waals surface area contributed by atoms with Gasteiger partial charge in [-0.3, -0.25) is 0 Å². The molecule has 0 N–H and O–H groups in total. The summed E-state index contributed by atoms with van der Waals surface area (Å²) < 4.78 is 0. The van der Waals surface area contributed by atoms with Crippen molar-refractivity contribution in [3.63, 3.8) is 0 Å². The summed E-state index contributed by atoms with van der Waals surface area (Å²) in [7, 11) is 0. The van der Waals surface area contributed by atoms with Crippen LogP contribution < -0.4 is 0 Å². The fraction of sp³-hybridized carbons (Fsp3) is 0.100. The molecule has 0 unspecified atom stereocenters. The van der Waals surface area contributed by atoms with Crippen molar-refractivity contribution in [3.8, 4) is 0 Å². The Balaban J connectivity index is 2.00. The van der Waals surface area contributed by atoms with Crippen LogP contribution in [0.5, 0.6) is 0 Å². The van der Waals surface area contributed by atoms with E-state index in [2.05, 4.69) is 72.8 Å². The van der Waals surface area contributed by atoms with E-state index >= 15 is 0 Å². The van der Waals surface area contributed by atoms with Crippen molar-refractivity contribution >= 4 is 11.6 Å². The van der Waals surface area contributed by atoms with Crippen LogP contribution in [0.2, 0.25) is 0 Å². The summed E-state index contributed by atoms with van der Waals surface area (Å²) in [5.41, 5.74) is 7.79. The zero-order valence-electron chi connectivity index (χ0n) is 11.4. The van der Waals surface area contributed by atoms with Crippen LogP contribution in [0.25, 0.3) is 0 Å². The van der Waals surface area contributed by atoms with Gasteiger partial charge in [-0.05, 0) is 33.4 Å². The predicted molar refractivity (Wildman–Crippen MR) is 86.0 cm³/mol. The molecule has 3 aromatic rings. The topological polar surface area (TPSA) is 0 Å². The number of rotatable bonds is 0. The van der Waals surface area contributed by atoms with Gasteiger partial charge in [0.1, 0.15) is 4.87 Å². The summed E-state index contributed by atoms with van der Waals surface area (Å²) in [6, 6.07) is 25.8. The molecule has 0 nitrogen and oxygen atoms in total. The molecule has 1 heteroatoms. The molecule has 0 heterocycles. The summed E-state index contributed by atoms with van der Waals surface area (Å²) in [6.45, 7) is 0. The molecule has 0 aliphatic heterocycles. The minimum absolute atomic E-state index is 0.314. The van der Waals surface area contributed by atoms with Gasteiger partial charge in [-0.25, -0.2) is 0 Å². The van der Waals surface area contributed by atoms with Gasteiger partial charge < -0.3 is 0 Å². The molecule has 3 aliphatic rings. The highest BCUT2D eigenvalue weighted by molar-refractivity contribution is 6.29. The third kappa shape index (κ3) is 1.23. The Morgan fingerprint density at radius 2 is 0.905 bits per heavy atom. The standard InChI is InChI=1S/C20H13Cl/c21-20-16-10-4-1-7-13(16)19(14-8-2-5-11-17(14)20)15-9-3-6-12-18(15)20/h1-12,19H. The van der Waals surface area contributed by atoms with Crippen LogP contribution >= 0.6 is 11.6 Å². The molecule has 0 amide bonds. The first-order valence-electron chi connectivity index (χ1n) is 7.29. The zero-order chi connectivity index (χ0) is 14.0. The first-order chi connectivity index (χ1) is 10.3. The Bertz CT molecular complexity index is 763. The van der Waals surface area contributed by atoms with Gasteiger partial charge in [0.2, 0.25) is 0 Å². The molecule has 0 spiro atoms. The van der Waals surface area contributed by atoms with Gasteiger partial charge in [0.05, 0.1) is 0 Å². The number of alkyl halides is 1. The van der Waals surface area contributed by atoms with Crippen molar-refractivity contribution in [1.29, 1.82) is 0 Å². The first-order valence-corrected chi connectivity index (χ1v) is 7.67. The molecule has 0 atom stereocenters. The Morgan fingerprint density at radius 1 is 0.571 bits per heavy atom. The molecule has 0 aromatic heterocycles. The third-order valence-corrected chi connectivity index (χ3v) is 5.54. The van der Waals surface area contributed by atoms with Crippen LogP contribution in [0.4, 0.5) is 0 Å². The molecular formula is C20H13Cl. The van der Waals surface area contributed by atoms with Crippen molar-refractivity contribution in [1.82, 2.24) is 0 Å². The summed E-state index contributed by atoms with van der Waals surface area (Å²) in [5.74, 6) is 0.314. The lowest BCUT2D eigenvalue weighted by molar-refractivity contribution is 0.705. The molecule has 0 radical (unpaired) electrons. The Labute approximate surface area is 129 Å². The summed E-state index contributed by atoms with van der Waals surface area (Å²) in [4.78, 5) is -0.543. The highest BCUT2D eigenvalue weighted by atomic mass is 35.5. The molecular weight excluding hydrogens is 276 g/mol. The minimum atomic E-state index is -0.543. The van der Waals surface area contributed by atoms with E-state index in [1.165, 1.54) is 33.4 Å². The van der Waals surface area contributed by atoms with Crippen molar-refractivity contribution in [2.24, 2.45) is 0 Å². The average molecular weight is 289 g/mol. The SMILES string of the molecule is ClC12c3ccccc3C(c3ccccc31)c1ccccc12. The summed E-state index contributed by atoms with van der Waals surface area (Å²) in [6.07, 6.45) is 0. The monoisotopic (exact) mass is 288 g/mol. The Kier molecular flexibility index (Phi) is 2.09. The molecule has 21 heavy (non-hydrogen) atoms. The predicted octanol–water partition coefficient (Wildman–Crippen LogP) is 5.02. The van der Waals surface area contributed by atoms with Crippen molar-refractivity contribution < 1.29 is 0 Å². The summed E-state index contributed by atoms with van der Waals surface area (Å²) in [5, 5.41) is 0. The van der Waals surface area contributed by atoms with E-state index in [0.717, 1.165) is 0 Å². The van der Waals surface area contributed by atoms with Crippen molar-refractivity contribution in [2.45, 2.75) is 10.8 Å². The minimum Gasteiger partial charge on any atom is -0.104 e. The lowest BCUT2D eigenvalue weighted by Crippen LogP contribution is -2.37. The molecule has 0 fully saturated rings. The van der Waals surface area contributed by atoms with E-state index in [9.17, 15) is 0 Å². The molecule has 100 valence electrons. The van der Waals surface area contributed by atoms with E-state index in [-0.39, 0.29) is 0 Å². The van der Waals surface area contributed by atoms with E-state index in [1.807, 2.05) is 0 Å². The van der Waals surface area contributed by atoms with Crippen LogP contribution in [-0.4, -0.2) is 0 Å². The van der Waals surface area contributed by atoms with Crippen molar-refractivity contribution in [3.05, 3.63) is 106 Å². The van der Waals surface area contributed by atoms with Gasteiger partial charge >= 0.3 is 0 Å². The Morgan fingerprint density at radius 3 is 1.29 bits per heavy atom. The highest BCUT2D eigenvalue weighted by Crippen LogP contribution is 2.60. The van der Waals surface area contributed by atoms with Crippen LogP contribution in [0.15, 0.2) is 72.8 Å².